The second kappa shape index (κ2) is 4.44. The van der Waals surface area contributed by atoms with Crippen molar-refractivity contribution in [1.82, 2.24) is 10.2 Å². The van der Waals surface area contributed by atoms with Gasteiger partial charge in [-0.05, 0) is 38.0 Å². The van der Waals surface area contributed by atoms with E-state index in [1.165, 1.54) is 12.8 Å². The summed E-state index contributed by atoms with van der Waals surface area (Å²) in [7, 11) is 0. The number of likely N-dealkylation sites (tertiary alicyclic amines) is 1. The van der Waals surface area contributed by atoms with Crippen molar-refractivity contribution in [1.29, 1.82) is 0 Å². The van der Waals surface area contributed by atoms with Gasteiger partial charge in [-0.25, -0.2) is 4.79 Å². The Morgan fingerprint density at radius 2 is 1.94 bits per heavy atom. The third-order valence-corrected chi connectivity index (χ3v) is 4.27. The molecule has 2 amide bonds. The molecule has 2 N–H and O–H groups in total. The van der Waals surface area contributed by atoms with Crippen LogP contribution in [0.3, 0.4) is 0 Å². The molecule has 0 aromatic heterocycles. The third-order valence-electron chi connectivity index (χ3n) is 4.27. The lowest BCUT2D eigenvalue weighted by molar-refractivity contribution is -0.150. The first-order valence-corrected chi connectivity index (χ1v) is 6.61. The number of piperidine rings is 1. The molecule has 0 radical (unpaired) electrons. The highest BCUT2D eigenvalue weighted by molar-refractivity contribution is 5.78. The van der Waals surface area contributed by atoms with E-state index in [1.807, 2.05) is 0 Å². The zero-order valence-electron chi connectivity index (χ0n) is 11.2. The monoisotopic (exact) mass is 254 g/mol. The van der Waals surface area contributed by atoms with Crippen LogP contribution in [0.1, 0.15) is 39.5 Å². The highest BCUT2D eigenvalue weighted by Crippen LogP contribution is 2.44. The van der Waals surface area contributed by atoms with Crippen molar-refractivity contribution in [2.45, 2.75) is 39.5 Å². The summed E-state index contributed by atoms with van der Waals surface area (Å²) < 4.78 is 0. The van der Waals surface area contributed by atoms with Crippen molar-refractivity contribution in [3.8, 4) is 0 Å². The molecule has 5 heteroatoms. The molecule has 102 valence electrons. The highest BCUT2D eigenvalue weighted by Gasteiger charge is 2.41. The lowest BCUT2D eigenvalue weighted by Crippen LogP contribution is -2.52. The normalized spacial score (nSPS) is 29.8. The average Bonchev–Trinajstić information content (AvgIpc) is 3.05. The number of nitrogens with zero attached hydrogens (tertiary/aromatic N) is 1. The van der Waals surface area contributed by atoms with Gasteiger partial charge in [0.2, 0.25) is 0 Å². The minimum atomic E-state index is -0.811. The Hall–Kier alpha value is -1.26. The van der Waals surface area contributed by atoms with Crippen molar-refractivity contribution >= 4 is 12.0 Å². The summed E-state index contributed by atoms with van der Waals surface area (Å²) >= 11 is 0. The minimum Gasteiger partial charge on any atom is -0.481 e. The molecule has 1 saturated heterocycles. The van der Waals surface area contributed by atoms with E-state index in [0.29, 0.717) is 26.1 Å². The highest BCUT2D eigenvalue weighted by atomic mass is 16.4. The van der Waals surface area contributed by atoms with Crippen molar-refractivity contribution < 1.29 is 14.7 Å². The number of hydrogen-bond acceptors (Lipinski definition) is 2. The van der Waals surface area contributed by atoms with Gasteiger partial charge in [-0.2, -0.15) is 0 Å². The predicted octanol–water partition coefficient (Wildman–Crippen LogP) is 1.68. The van der Waals surface area contributed by atoms with E-state index in [9.17, 15) is 14.7 Å². The zero-order valence-corrected chi connectivity index (χ0v) is 11.2. The molecule has 5 nitrogen and oxygen atoms in total. The molecular formula is C13H22N2O3. The predicted molar refractivity (Wildman–Crippen MR) is 67.3 cm³/mol. The van der Waals surface area contributed by atoms with Gasteiger partial charge in [-0.1, -0.05) is 6.92 Å². The van der Waals surface area contributed by atoms with Crippen LogP contribution in [0.4, 0.5) is 4.79 Å². The summed E-state index contributed by atoms with van der Waals surface area (Å²) in [6, 6.07) is -0.115. The Balaban J connectivity index is 1.88. The van der Waals surface area contributed by atoms with Gasteiger partial charge < -0.3 is 15.3 Å². The molecule has 1 atom stereocenters. The molecule has 2 fully saturated rings. The van der Waals surface area contributed by atoms with E-state index < -0.39 is 11.4 Å². The van der Waals surface area contributed by atoms with Gasteiger partial charge in [0.05, 0.1) is 5.41 Å². The summed E-state index contributed by atoms with van der Waals surface area (Å²) in [5, 5.41) is 12.1. The second-order valence-corrected chi connectivity index (χ2v) is 6.36. The molecule has 0 bridgehead atoms. The van der Waals surface area contributed by atoms with Crippen LogP contribution in [0, 0.1) is 10.8 Å². The van der Waals surface area contributed by atoms with Gasteiger partial charge in [0.1, 0.15) is 0 Å². The number of nitrogens with one attached hydrogen (secondary N) is 1. The molecule has 18 heavy (non-hydrogen) atoms. The Bertz CT molecular complexity index is 365. The van der Waals surface area contributed by atoms with E-state index >= 15 is 0 Å². The largest absolute Gasteiger partial charge is 0.481 e. The Labute approximate surface area is 108 Å². The molecule has 2 aliphatic rings. The van der Waals surface area contributed by atoms with Crippen LogP contribution in [-0.4, -0.2) is 41.6 Å². The molecule has 2 rings (SSSR count). The van der Waals surface area contributed by atoms with Crippen molar-refractivity contribution in [2.75, 3.05) is 19.6 Å². The van der Waals surface area contributed by atoms with Crippen LogP contribution in [0.5, 0.6) is 0 Å². The van der Waals surface area contributed by atoms with Crippen molar-refractivity contribution in [2.24, 2.45) is 10.8 Å². The van der Waals surface area contributed by atoms with Crippen LogP contribution in [0.15, 0.2) is 0 Å². The topological polar surface area (TPSA) is 69.6 Å². The lowest BCUT2D eigenvalue weighted by Gasteiger charge is -2.37. The molecule has 0 aromatic carbocycles. The first-order chi connectivity index (χ1) is 8.35. The second-order valence-electron chi connectivity index (χ2n) is 6.36. The van der Waals surface area contributed by atoms with Gasteiger partial charge in [0.25, 0.3) is 0 Å². The maximum absolute atomic E-state index is 12.0. The average molecular weight is 254 g/mol. The molecule has 0 aromatic rings. The van der Waals surface area contributed by atoms with E-state index in [2.05, 4.69) is 12.2 Å². The molecule has 1 unspecified atom stereocenters. The van der Waals surface area contributed by atoms with Gasteiger partial charge in [-0.15, -0.1) is 0 Å². The van der Waals surface area contributed by atoms with Gasteiger partial charge >= 0.3 is 12.0 Å². The Kier molecular flexibility index (Phi) is 3.25. The molecule has 1 aliphatic heterocycles. The molecule has 0 spiro atoms. The van der Waals surface area contributed by atoms with Crippen LogP contribution in [0.25, 0.3) is 0 Å². The summed E-state index contributed by atoms with van der Waals surface area (Å²) in [4.78, 5) is 24.9. The van der Waals surface area contributed by atoms with E-state index in [4.69, 9.17) is 0 Å². The van der Waals surface area contributed by atoms with Gasteiger partial charge in [0, 0.05) is 19.6 Å². The van der Waals surface area contributed by atoms with Crippen LogP contribution < -0.4 is 5.32 Å². The number of amides is 2. The molecule has 1 aliphatic carbocycles. The number of rotatable bonds is 3. The standard InChI is InChI=1S/C13H22N2O3/c1-12(5-6-12)8-14-11(18)15-7-3-4-13(2,9-15)10(16)17/h3-9H2,1-2H3,(H,14,18)(H,16,17). The SMILES string of the molecule is CC1(CNC(=O)N2CCCC(C)(C(=O)O)C2)CC1. The first kappa shape index (κ1) is 13.2. The number of aliphatic carboxylic acids is 1. The van der Waals surface area contributed by atoms with Crippen LogP contribution in [0.2, 0.25) is 0 Å². The van der Waals surface area contributed by atoms with Crippen molar-refractivity contribution in [3.63, 3.8) is 0 Å². The van der Waals surface area contributed by atoms with Gasteiger partial charge in [0.15, 0.2) is 0 Å². The smallest absolute Gasteiger partial charge is 0.317 e. The lowest BCUT2D eigenvalue weighted by atomic mass is 9.82. The number of carboxylic acid groups (broad SMARTS) is 1. The van der Waals surface area contributed by atoms with Crippen LogP contribution >= 0.6 is 0 Å². The summed E-state index contributed by atoms with van der Waals surface area (Å²) in [6.45, 7) is 5.55. The van der Waals surface area contributed by atoms with E-state index in [0.717, 1.165) is 6.42 Å². The fourth-order valence-electron chi connectivity index (χ4n) is 2.38. The van der Waals surface area contributed by atoms with E-state index in [-0.39, 0.29) is 11.4 Å². The zero-order chi connectivity index (χ0) is 13.4. The van der Waals surface area contributed by atoms with E-state index in [1.54, 1.807) is 11.8 Å². The fourth-order valence-corrected chi connectivity index (χ4v) is 2.38. The summed E-state index contributed by atoms with van der Waals surface area (Å²) in [5.74, 6) is -0.811. The van der Waals surface area contributed by atoms with Gasteiger partial charge in [-0.3, -0.25) is 4.79 Å². The Morgan fingerprint density at radius 3 is 2.50 bits per heavy atom. The number of carboxylic acids is 1. The maximum atomic E-state index is 12.0. The molecule has 1 saturated carbocycles. The third kappa shape index (κ3) is 2.76. The van der Waals surface area contributed by atoms with Crippen LogP contribution in [-0.2, 0) is 4.79 Å². The van der Waals surface area contributed by atoms with Crippen molar-refractivity contribution in [3.05, 3.63) is 0 Å². The first-order valence-electron chi connectivity index (χ1n) is 6.61. The maximum Gasteiger partial charge on any atom is 0.317 e. The molecule has 1 heterocycles. The minimum absolute atomic E-state index is 0.115. The fraction of sp³-hybridized carbons (Fsp3) is 0.846. The number of hydrogen-bond donors (Lipinski definition) is 2. The Morgan fingerprint density at radius 1 is 1.28 bits per heavy atom. The summed E-state index contributed by atoms with van der Waals surface area (Å²) in [6.07, 6.45) is 3.73. The number of urea groups is 1. The quantitative estimate of drug-likeness (QED) is 0.805. The number of carbonyl (C=O) groups is 2. The number of carbonyl (C=O) groups excluding carboxylic acids is 1. The molecular weight excluding hydrogens is 232 g/mol. The summed E-state index contributed by atoms with van der Waals surface area (Å²) in [5.41, 5.74) is -0.513.